The average molecular weight is 502 g/mol. The fraction of sp³-hybridized carbons (Fsp3) is 0.111. The van der Waals surface area contributed by atoms with Gasteiger partial charge in [-0.2, -0.15) is 13.1 Å². The summed E-state index contributed by atoms with van der Waals surface area (Å²) in [7, 11) is -2.97. The molecule has 0 unspecified atom stereocenters. The van der Waals surface area contributed by atoms with Gasteiger partial charge in [-0.25, -0.2) is 8.57 Å². The lowest BCUT2D eigenvalue weighted by molar-refractivity contribution is -0.134. The van der Waals surface area contributed by atoms with E-state index in [1.54, 1.807) is 0 Å². The van der Waals surface area contributed by atoms with E-state index in [9.17, 15) is 17.6 Å². The average Bonchev–Trinajstić information content (AvgIpc) is 2.90. The Hall–Kier alpha value is -3.92. The number of halogens is 1. The van der Waals surface area contributed by atoms with E-state index in [4.69, 9.17) is 4.18 Å². The van der Waals surface area contributed by atoms with Crippen LogP contribution in [0.4, 0.5) is 10.1 Å². The Balaban J connectivity index is 1.60. The van der Waals surface area contributed by atoms with Crippen LogP contribution < -0.4 is 9.62 Å². The van der Waals surface area contributed by atoms with E-state index in [0.29, 0.717) is 11.4 Å². The molecule has 7 nitrogen and oxygen atoms in total. The van der Waals surface area contributed by atoms with Crippen molar-refractivity contribution in [1.29, 1.82) is 0 Å². The van der Waals surface area contributed by atoms with Crippen molar-refractivity contribution in [1.82, 2.24) is 9.71 Å². The third kappa shape index (κ3) is 3.51. The molecule has 1 fully saturated rings. The first-order chi connectivity index (χ1) is 17.4. The van der Waals surface area contributed by atoms with Gasteiger partial charge in [-0.3, -0.25) is 14.7 Å². The summed E-state index contributed by atoms with van der Waals surface area (Å²) in [6.07, 6.45) is -0.311. The largest absolute Gasteiger partial charge is 0.336 e. The van der Waals surface area contributed by atoms with E-state index in [0.717, 1.165) is 38.5 Å². The van der Waals surface area contributed by atoms with Gasteiger partial charge in [0.05, 0.1) is 17.6 Å². The maximum absolute atomic E-state index is 13.6. The van der Waals surface area contributed by atoms with Crippen LogP contribution in [0.5, 0.6) is 0 Å². The fourth-order valence-corrected chi connectivity index (χ4v) is 5.46. The molecule has 36 heavy (non-hydrogen) atoms. The van der Waals surface area contributed by atoms with Crippen LogP contribution in [0.2, 0.25) is 0 Å². The topological polar surface area (TPSA) is 88.6 Å². The quantitative estimate of drug-likeness (QED) is 0.281. The summed E-state index contributed by atoms with van der Waals surface area (Å²) in [4.78, 5) is 19.1. The van der Waals surface area contributed by atoms with Crippen LogP contribution in [0.3, 0.4) is 0 Å². The predicted molar refractivity (Wildman–Crippen MR) is 136 cm³/mol. The van der Waals surface area contributed by atoms with Crippen LogP contribution >= 0.6 is 0 Å². The maximum Gasteiger partial charge on any atom is 0.336 e. The summed E-state index contributed by atoms with van der Waals surface area (Å²) < 4.78 is 45.2. The number of fused-ring (bicyclic) bond motifs is 5. The molecule has 1 saturated heterocycles. The second-order valence-electron chi connectivity index (χ2n) is 8.55. The van der Waals surface area contributed by atoms with Gasteiger partial charge in [0.25, 0.3) is 5.91 Å². The molecule has 2 heterocycles. The molecule has 6 rings (SSSR count). The lowest BCUT2D eigenvalue weighted by Crippen LogP contribution is -2.61. The summed E-state index contributed by atoms with van der Waals surface area (Å²) in [5.74, 6) is -1.08. The van der Waals surface area contributed by atoms with Crippen LogP contribution in [0.15, 0.2) is 85.1 Å². The highest BCUT2D eigenvalue weighted by molar-refractivity contribution is 7.84. The summed E-state index contributed by atoms with van der Waals surface area (Å²) in [5, 5.41) is 5.82. The van der Waals surface area contributed by atoms with Crippen molar-refractivity contribution in [3.05, 3.63) is 96.6 Å². The third-order valence-corrected chi connectivity index (χ3v) is 7.54. The Bertz CT molecular complexity index is 1770. The second-order valence-corrected chi connectivity index (χ2v) is 10.1. The van der Waals surface area contributed by atoms with Gasteiger partial charge in [-0.1, -0.05) is 60.7 Å². The van der Waals surface area contributed by atoms with E-state index in [1.807, 2.05) is 54.6 Å². The first-order valence-electron chi connectivity index (χ1n) is 11.3. The van der Waals surface area contributed by atoms with Crippen molar-refractivity contribution in [2.24, 2.45) is 0 Å². The van der Waals surface area contributed by atoms with E-state index >= 15 is 0 Å². The zero-order chi connectivity index (χ0) is 25.0. The number of benzene rings is 4. The van der Waals surface area contributed by atoms with E-state index in [-0.39, 0.29) is 0 Å². The van der Waals surface area contributed by atoms with Gasteiger partial charge >= 0.3 is 10.3 Å². The van der Waals surface area contributed by atoms with Gasteiger partial charge in [-0.15, -0.1) is 0 Å². The molecule has 0 aliphatic carbocycles. The van der Waals surface area contributed by atoms with Gasteiger partial charge < -0.3 is 0 Å². The Morgan fingerprint density at radius 2 is 1.58 bits per heavy atom. The van der Waals surface area contributed by atoms with Crippen molar-refractivity contribution in [2.75, 3.05) is 11.9 Å². The number of hydrogen-bond donors (Lipinski definition) is 1. The predicted octanol–water partition coefficient (Wildman–Crippen LogP) is 4.62. The van der Waals surface area contributed by atoms with Crippen molar-refractivity contribution in [3.8, 4) is 0 Å². The van der Waals surface area contributed by atoms with Crippen LogP contribution in [0, 0.1) is 5.82 Å². The molecular formula is C27H20FN3O4S. The fourth-order valence-electron chi connectivity index (χ4n) is 4.90. The molecule has 0 bridgehead atoms. The Morgan fingerprint density at radius 1 is 0.889 bits per heavy atom. The monoisotopic (exact) mass is 501 g/mol. The number of β-lactam (4-membered cyclic amide) rings is 1. The highest BCUT2D eigenvalue weighted by Gasteiger charge is 2.53. The van der Waals surface area contributed by atoms with Gasteiger partial charge in [0.1, 0.15) is 11.9 Å². The van der Waals surface area contributed by atoms with E-state index < -0.39 is 34.2 Å². The minimum atomic E-state index is -4.17. The first kappa shape index (κ1) is 22.5. The van der Waals surface area contributed by atoms with Crippen molar-refractivity contribution >= 4 is 54.2 Å². The normalized spacial score (nSPS) is 18.2. The third-order valence-electron chi connectivity index (χ3n) is 6.58. The van der Waals surface area contributed by atoms with Crippen molar-refractivity contribution in [2.45, 2.75) is 12.1 Å². The summed E-state index contributed by atoms with van der Waals surface area (Å²) in [5.41, 5.74) is 0.909. The SMILES string of the molecule is CNS(=O)(=O)O[C@@H]1C(=O)N(c2cc3c4ccccc4ccc3c3ccccc23)[C@H]1c1ccc(F)cn1. The van der Waals surface area contributed by atoms with E-state index in [2.05, 4.69) is 21.8 Å². The van der Waals surface area contributed by atoms with Crippen LogP contribution in [0.1, 0.15) is 11.7 Å². The first-order valence-corrected chi connectivity index (χ1v) is 12.7. The molecule has 1 aliphatic heterocycles. The van der Waals surface area contributed by atoms with Gasteiger partial charge in [0.15, 0.2) is 6.10 Å². The molecule has 4 aromatic carbocycles. The highest BCUT2D eigenvalue weighted by atomic mass is 32.2. The van der Waals surface area contributed by atoms with Crippen LogP contribution in [-0.2, 0) is 19.3 Å². The number of hydrogen-bond acceptors (Lipinski definition) is 5. The summed E-state index contributed by atoms with van der Waals surface area (Å²) in [6, 6.07) is 23.5. The second kappa shape index (κ2) is 8.34. The van der Waals surface area contributed by atoms with E-state index in [1.165, 1.54) is 24.1 Å². The molecule has 2 atom stereocenters. The number of carbonyl (C=O) groups excluding carboxylic acids is 1. The van der Waals surface area contributed by atoms with Gasteiger partial charge in [-0.05, 0) is 45.1 Å². The zero-order valence-electron chi connectivity index (χ0n) is 19.1. The van der Waals surface area contributed by atoms with Crippen molar-refractivity contribution < 1.29 is 21.8 Å². The molecule has 5 aromatic rings. The minimum Gasteiger partial charge on any atom is -0.297 e. The lowest BCUT2D eigenvalue weighted by atomic mass is 9.90. The minimum absolute atomic E-state index is 0.314. The number of aromatic nitrogens is 1. The zero-order valence-corrected chi connectivity index (χ0v) is 19.9. The number of anilines is 1. The number of carbonyl (C=O) groups is 1. The summed E-state index contributed by atoms with van der Waals surface area (Å²) >= 11 is 0. The molecule has 9 heteroatoms. The maximum atomic E-state index is 13.6. The number of amides is 1. The number of nitrogens with one attached hydrogen (secondary N) is 1. The Kier molecular flexibility index (Phi) is 5.22. The van der Waals surface area contributed by atoms with Gasteiger partial charge in [0, 0.05) is 12.4 Å². The molecular weight excluding hydrogens is 481 g/mol. The Labute approximate surface area is 206 Å². The molecule has 180 valence electrons. The highest BCUT2D eigenvalue weighted by Crippen LogP contribution is 2.46. The molecule has 1 N–H and O–H groups in total. The lowest BCUT2D eigenvalue weighted by Gasteiger charge is -2.45. The van der Waals surface area contributed by atoms with Crippen molar-refractivity contribution in [3.63, 3.8) is 0 Å². The Morgan fingerprint density at radius 3 is 2.31 bits per heavy atom. The van der Waals surface area contributed by atoms with Gasteiger partial charge in [0.2, 0.25) is 0 Å². The molecule has 0 radical (unpaired) electrons. The molecule has 0 spiro atoms. The number of pyridine rings is 1. The van der Waals surface area contributed by atoms with Crippen LogP contribution in [0.25, 0.3) is 32.3 Å². The molecule has 1 amide bonds. The number of nitrogens with zero attached hydrogens (tertiary/aromatic N) is 2. The smallest absolute Gasteiger partial charge is 0.297 e. The molecule has 0 saturated carbocycles. The molecule has 1 aliphatic rings. The summed E-state index contributed by atoms with van der Waals surface area (Å²) in [6.45, 7) is 0. The standard InChI is InChI=1S/C27H20FN3O4S/c1-29-36(33,34)35-26-25(23-13-11-17(28)15-30-23)31(27(26)32)24-14-22-18-7-3-2-6-16(18)10-12-20(22)19-8-4-5-9-21(19)24/h2-15,25-26,29H,1H3/t25-,26-/m0/s1. The number of rotatable bonds is 5. The molecule has 1 aromatic heterocycles. The van der Waals surface area contributed by atoms with Crippen LogP contribution in [-0.4, -0.2) is 32.5 Å².